The monoisotopic (exact) mass is 371 g/mol. The Labute approximate surface area is 118 Å². The van der Waals surface area contributed by atoms with Crippen LogP contribution in [0.25, 0.3) is 0 Å². The lowest BCUT2D eigenvalue weighted by Crippen LogP contribution is -2.66. The zero-order valence-corrected chi connectivity index (χ0v) is 12.1. The van der Waals surface area contributed by atoms with Gasteiger partial charge in [0.1, 0.15) is 8.24 Å². The maximum absolute atomic E-state index is 13.2. The molecule has 13 heteroatoms. The second-order valence-corrected chi connectivity index (χ2v) is 9.89. The Morgan fingerprint density at radius 1 is 0.682 bits per heavy atom. The van der Waals surface area contributed by atoms with Crippen molar-refractivity contribution >= 4 is 8.24 Å². The minimum absolute atomic E-state index is 0.886. The van der Waals surface area contributed by atoms with E-state index in [1.54, 1.807) is 0 Å². The molecule has 0 spiro atoms. The molecule has 0 heterocycles. The van der Waals surface area contributed by atoms with Gasteiger partial charge in [-0.1, -0.05) is 13.1 Å². The molecular formula is C9H12F11NSi. The number of alkyl halides is 11. The van der Waals surface area contributed by atoms with Crippen LogP contribution in [0.1, 0.15) is 6.42 Å². The fourth-order valence-electron chi connectivity index (χ4n) is 1.24. The molecule has 0 amide bonds. The summed E-state index contributed by atoms with van der Waals surface area (Å²) in [4.78, 5) is 0. The van der Waals surface area contributed by atoms with Gasteiger partial charge in [0, 0.05) is 6.42 Å². The van der Waals surface area contributed by atoms with Gasteiger partial charge in [0.05, 0.1) is 0 Å². The Morgan fingerprint density at radius 2 is 1.05 bits per heavy atom. The molecule has 0 aliphatic carbocycles. The second kappa shape index (κ2) is 5.49. The number of hydrogen-bond acceptors (Lipinski definition) is 1. The summed E-state index contributed by atoms with van der Waals surface area (Å²) < 4.78 is 139. The van der Waals surface area contributed by atoms with Gasteiger partial charge < -0.3 is 5.40 Å². The Balaban J connectivity index is 5.69. The smallest absolute Gasteiger partial charge is 0.351 e. The molecular weight excluding hydrogens is 359 g/mol. The fourth-order valence-corrected chi connectivity index (χ4v) is 2.20. The second-order valence-electron chi connectivity index (χ2n) is 5.41. The molecule has 2 N–H and O–H groups in total. The van der Waals surface area contributed by atoms with Gasteiger partial charge in [0.2, 0.25) is 0 Å². The number of hydrogen-bond donors (Lipinski definition) is 1. The highest BCUT2D eigenvalue weighted by Gasteiger charge is 2.86. The van der Waals surface area contributed by atoms with Crippen molar-refractivity contribution in [3.05, 3.63) is 0 Å². The lowest BCUT2D eigenvalue weighted by molar-refractivity contribution is -0.422. The van der Waals surface area contributed by atoms with Gasteiger partial charge in [-0.3, -0.25) is 0 Å². The molecule has 0 fully saturated rings. The maximum atomic E-state index is 13.2. The summed E-state index contributed by atoms with van der Waals surface area (Å²) >= 11 is 0. The predicted molar refractivity (Wildman–Crippen MR) is 56.9 cm³/mol. The van der Waals surface area contributed by atoms with Gasteiger partial charge in [-0.25, -0.2) is 0 Å². The van der Waals surface area contributed by atoms with Crippen LogP contribution in [-0.2, 0) is 0 Å². The molecule has 0 radical (unpaired) electrons. The first-order valence-electron chi connectivity index (χ1n) is 5.57. The van der Waals surface area contributed by atoms with Crippen molar-refractivity contribution in [1.29, 1.82) is 0 Å². The van der Waals surface area contributed by atoms with Crippen molar-refractivity contribution in [1.82, 2.24) is 0 Å². The lowest BCUT2D eigenvalue weighted by Gasteiger charge is -2.37. The van der Waals surface area contributed by atoms with E-state index in [-0.39, 0.29) is 0 Å². The molecule has 0 aromatic carbocycles. The first-order chi connectivity index (χ1) is 9.21. The third-order valence-electron chi connectivity index (χ3n) is 2.69. The Bertz CT molecular complexity index is 395. The van der Waals surface area contributed by atoms with Gasteiger partial charge in [0.25, 0.3) is 0 Å². The normalized spacial score (nSPS) is 16.1. The van der Waals surface area contributed by atoms with Gasteiger partial charge in [-0.2, -0.15) is 48.3 Å². The minimum Gasteiger partial charge on any atom is -0.351 e. The van der Waals surface area contributed by atoms with E-state index in [1.807, 2.05) is 0 Å². The van der Waals surface area contributed by atoms with Crippen LogP contribution < -0.4 is 5.40 Å². The van der Waals surface area contributed by atoms with Crippen molar-refractivity contribution in [3.8, 4) is 0 Å². The first kappa shape index (κ1) is 21.4. The van der Waals surface area contributed by atoms with Gasteiger partial charge in [0.15, 0.2) is 0 Å². The molecule has 0 aliphatic rings. The molecule has 22 heavy (non-hydrogen) atoms. The van der Waals surface area contributed by atoms with Gasteiger partial charge in [-0.05, 0) is 6.04 Å². The highest BCUT2D eigenvalue weighted by atomic mass is 28.3. The molecule has 0 saturated carbocycles. The van der Waals surface area contributed by atoms with Gasteiger partial charge in [-0.15, -0.1) is 0 Å². The number of nitrogens with two attached hydrogens (primary N) is 1. The molecule has 1 nitrogen and oxygen atoms in total. The van der Waals surface area contributed by atoms with Crippen LogP contribution in [0.5, 0.6) is 0 Å². The largest absolute Gasteiger partial charge is 0.460 e. The topological polar surface area (TPSA) is 26.0 Å². The van der Waals surface area contributed by atoms with Crippen LogP contribution in [0.2, 0.25) is 19.1 Å². The zero-order valence-electron chi connectivity index (χ0n) is 11.1. The van der Waals surface area contributed by atoms with E-state index in [9.17, 15) is 48.3 Å². The molecule has 0 aromatic heterocycles. The summed E-state index contributed by atoms with van der Waals surface area (Å²) in [5, 5.41) is 5.30. The quantitative estimate of drug-likeness (QED) is 0.534. The highest BCUT2D eigenvalue weighted by Crippen LogP contribution is 2.58. The number of rotatable bonds is 6. The first-order valence-corrected chi connectivity index (χ1v) is 8.86. The van der Waals surface area contributed by atoms with Crippen LogP contribution in [0.4, 0.5) is 48.3 Å². The fraction of sp³-hybridized carbons (Fsp3) is 1.00. The van der Waals surface area contributed by atoms with E-state index in [0.717, 1.165) is 0 Å². The summed E-state index contributed by atoms with van der Waals surface area (Å²) in [6.07, 6.45) is -9.17. The molecule has 0 unspecified atom stereocenters. The summed E-state index contributed by atoms with van der Waals surface area (Å²) in [5.74, 6) is -27.4. The average Bonchev–Trinajstić information content (AvgIpc) is 2.23. The van der Waals surface area contributed by atoms with Crippen molar-refractivity contribution in [2.24, 2.45) is 5.40 Å². The van der Waals surface area contributed by atoms with Crippen LogP contribution in [-0.4, -0.2) is 38.1 Å². The number of halogens is 11. The molecule has 0 saturated heterocycles. The maximum Gasteiger partial charge on any atom is 0.460 e. The Morgan fingerprint density at radius 3 is 1.32 bits per heavy atom. The SMILES string of the molecule is C[Si](C)(N)CCC(F)(F)C(F)(F)C(F)(F)C(F)(F)C(F)(F)F. The van der Waals surface area contributed by atoms with Crippen LogP contribution in [0.3, 0.4) is 0 Å². The molecule has 0 rings (SSSR count). The van der Waals surface area contributed by atoms with E-state index < -0.39 is 50.6 Å². The third kappa shape index (κ3) is 3.66. The van der Waals surface area contributed by atoms with E-state index in [0.29, 0.717) is 0 Å². The summed E-state index contributed by atoms with van der Waals surface area (Å²) in [7, 11) is -2.96. The van der Waals surface area contributed by atoms with Crippen molar-refractivity contribution in [2.45, 2.75) is 55.4 Å². The van der Waals surface area contributed by atoms with E-state index >= 15 is 0 Å². The predicted octanol–water partition coefficient (Wildman–Crippen LogP) is 4.64. The van der Waals surface area contributed by atoms with Gasteiger partial charge >= 0.3 is 29.9 Å². The zero-order chi connectivity index (χ0) is 18.4. The van der Waals surface area contributed by atoms with Crippen LogP contribution in [0, 0.1) is 0 Å². The van der Waals surface area contributed by atoms with E-state index in [2.05, 4.69) is 0 Å². The summed E-state index contributed by atoms with van der Waals surface area (Å²) in [6.45, 7) is 2.37. The van der Waals surface area contributed by atoms with Crippen LogP contribution in [0.15, 0.2) is 0 Å². The summed E-state index contributed by atoms with van der Waals surface area (Å²) in [6, 6.07) is -0.886. The van der Waals surface area contributed by atoms with E-state index in [1.165, 1.54) is 13.1 Å². The molecule has 0 atom stereocenters. The highest BCUT2D eigenvalue weighted by molar-refractivity contribution is 6.74. The average molecular weight is 371 g/mol. The van der Waals surface area contributed by atoms with Crippen molar-refractivity contribution < 1.29 is 48.3 Å². The Hall–Kier alpha value is -0.593. The molecule has 0 aliphatic heterocycles. The summed E-state index contributed by atoms with van der Waals surface area (Å²) in [5.41, 5.74) is 0. The minimum atomic E-state index is -7.33. The molecule has 134 valence electrons. The molecule has 0 bridgehead atoms. The lowest BCUT2D eigenvalue weighted by atomic mass is 9.96. The third-order valence-corrected chi connectivity index (χ3v) is 4.23. The Kier molecular flexibility index (Phi) is 5.34. The standard InChI is InChI=1S/C9H12F11NSi/c1-22(2,21)4-3-5(10,11)6(12,13)7(14,15)8(16,17)9(18,19)20/h3-4,21H2,1-2H3. The van der Waals surface area contributed by atoms with Crippen LogP contribution >= 0.6 is 0 Å². The van der Waals surface area contributed by atoms with Crippen molar-refractivity contribution in [2.75, 3.05) is 0 Å². The molecule has 0 aromatic rings. The van der Waals surface area contributed by atoms with Crippen molar-refractivity contribution in [3.63, 3.8) is 0 Å². The van der Waals surface area contributed by atoms with E-state index in [4.69, 9.17) is 5.40 Å².